The molecule has 0 aromatic carbocycles. The average Bonchev–Trinajstić information content (AvgIpc) is 3.44. The van der Waals surface area contributed by atoms with Gasteiger partial charge in [0.15, 0.2) is 0 Å². The lowest BCUT2D eigenvalue weighted by Gasteiger charge is -2.06. The van der Waals surface area contributed by atoms with E-state index in [4.69, 9.17) is 4.84 Å². The molecule has 2 aliphatic heterocycles. The number of amides is 1. The maximum atomic E-state index is 12.1. The van der Waals surface area contributed by atoms with Crippen molar-refractivity contribution >= 4 is 23.9 Å². The van der Waals surface area contributed by atoms with Crippen LogP contribution in [-0.2, 0) is 16.1 Å². The Morgan fingerprint density at radius 1 is 1.31 bits per heavy atom. The molecule has 0 saturated carbocycles. The number of H-pyrrole nitrogens is 1. The zero-order valence-corrected chi connectivity index (χ0v) is 16.3. The molecule has 29 heavy (non-hydrogen) atoms. The van der Waals surface area contributed by atoms with Gasteiger partial charge in [0.2, 0.25) is 0 Å². The van der Waals surface area contributed by atoms with Crippen molar-refractivity contribution in [1.29, 1.82) is 0 Å². The number of nitrogens with zero attached hydrogens (tertiary/aromatic N) is 3. The summed E-state index contributed by atoms with van der Waals surface area (Å²) in [6, 6.07) is 0. The van der Waals surface area contributed by atoms with E-state index < -0.39 is 5.92 Å². The van der Waals surface area contributed by atoms with Crippen molar-refractivity contribution < 1.29 is 9.63 Å². The van der Waals surface area contributed by atoms with Crippen LogP contribution in [0.2, 0.25) is 0 Å². The number of rotatable bonds is 6. The molecule has 0 spiro atoms. The van der Waals surface area contributed by atoms with Crippen LogP contribution in [0.4, 0.5) is 0 Å². The van der Waals surface area contributed by atoms with Crippen LogP contribution in [-0.4, -0.2) is 40.2 Å². The second kappa shape index (κ2) is 8.27. The van der Waals surface area contributed by atoms with E-state index in [9.17, 15) is 4.79 Å². The largest absolute Gasteiger partial charge is 0.390 e. The minimum atomic E-state index is -0.553. The lowest BCUT2D eigenvalue weighted by molar-refractivity contribution is -0.120. The third-order valence-electron chi connectivity index (χ3n) is 4.90. The van der Waals surface area contributed by atoms with Gasteiger partial charge in [0.1, 0.15) is 12.2 Å². The van der Waals surface area contributed by atoms with Crippen molar-refractivity contribution in [3.05, 3.63) is 57.9 Å². The molecule has 2 aromatic rings. The van der Waals surface area contributed by atoms with Crippen LogP contribution >= 0.6 is 0 Å². The molecule has 4 heterocycles. The Kier molecular flexibility index (Phi) is 5.39. The highest BCUT2D eigenvalue weighted by atomic mass is 16.6. The summed E-state index contributed by atoms with van der Waals surface area (Å²) in [5.41, 5.74) is 9.72. The first-order valence-electron chi connectivity index (χ1n) is 9.55. The molecule has 2 aromatic heterocycles. The molecule has 0 aliphatic carbocycles. The first kappa shape index (κ1) is 18.9. The average molecular weight is 393 g/mol. The third-order valence-corrected chi connectivity index (χ3v) is 4.90. The highest BCUT2D eigenvalue weighted by Crippen LogP contribution is 2.18. The minimum Gasteiger partial charge on any atom is -0.390 e. The summed E-state index contributed by atoms with van der Waals surface area (Å²) in [4.78, 5) is 29.6. The van der Waals surface area contributed by atoms with Gasteiger partial charge in [-0.2, -0.15) is 5.10 Å². The van der Waals surface area contributed by atoms with Gasteiger partial charge in [-0.25, -0.2) is 10.9 Å². The third kappa shape index (κ3) is 3.77. The van der Waals surface area contributed by atoms with E-state index in [1.807, 2.05) is 12.2 Å². The van der Waals surface area contributed by atoms with Gasteiger partial charge in [-0.15, -0.1) is 0 Å². The summed E-state index contributed by atoms with van der Waals surface area (Å²) in [5.74, 6) is -0.763. The molecule has 0 fully saturated rings. The molecule has 1 unspecified atom stereocenters. The Labute approximate surface area is 167 Å². The van der Waals surface area contributed by atoms with E-state index in [2.05, 4.69) is 50.1 Å². The number of carbonyl (C=O) groups is 1. The fraction of sp³-hybridized carbons (Fsp3) is 0.300. The lowest BCUT2D eigenvalue weighted by atomic mass is 10.0. The smallest absolute Gasteiger partial charge is 0.254 e. The van der Waals surface area contributed by atoms with E-state index in [1.54, 1.807) is 24.9 Å². The Balaban J connectivity index is 1.87. The molecule has 0 bridgehead atoms. The monoisotopic (exact) mass is 393 g/mol. The molecule has 2 aliphatic rings. The van der Waals surface area contributed by atoms with Gasteiger partial charge in [-0.05, 0) is 38.1 Å². The van der Waals surface area contributed by atoms with Crippen LogP contribution in [0.25, 0.3) is 11.8 Å². The molecular formula is C20H23N7O2. The van der Waals surface area contributed by atoms with E-state index in [0.717, 1.165) is 41.5 Å². The molecule has 1 atom stereocenters. The second-order valence-corrected chi connectivity index (χ2v) is 6.76. The van der Waals surface area contributed by atoms with Gasteiger partial charge in [0, 0.05) is 35.6 Å². The van der Waals surface area contributed by atoms with Crippen LogP contribution in [0.1, 0.15) is 35.5 Å². The van der Waals surface area contributed by atoms with Crippen molar-refractivity contribution in [1.82, 2.24) is 31.2 Å². The van der Waals surface area contributed by atoms with E-state index in [0.29, 0.717) is 11.4 Å². The predicted molar refractivity (Wildman–Crippen MR) is 109 cm³/mol. The van der Waals surface area contributed by atoms with Gasteiger partial charge in [0.05, 0.1) is 22.4 Å². The van der Waals surface area contributed by atoms with Crippen molar-refractivity contribution in [3.63, 3.8) is 0 Å². The number of aromatic amines is 1. The van der Waals surface area contributed by atoms with Crippen LogP contribution < -0.4 is 26.8 Å². The van der Waals surface area contributed by atoms with Gasteiger partial charge in [-0.1, -0.05) is 6.92 Å². The second-order valence-electron chi connectivity index (χ2n) is 6.76. The molecule has 0 radical (unpaired) electrons. The maximum Gasteiger partial charge on any atom is 0.254 e. The standard InChI is InChI=1S/C20H23N7O2/c1-3-21-6-4-13-12(2)25-16(18(13)15-5-9-29-27-15)10-17-19(23-8-7-22-17)14-11-24-26-20(14)28/h5,7-11,14,21,25,27H,3-4,6H2,1-2H3,(H,26,28). The minimum absolute atomic E-state index is 0.211. The van der Waals surface area contributed by atoms with Crippen LogP contribution in [0.5, 0.6) is 0 Å². The summed E-state index contributed by atoms with van der Waals surface area (Å²) in [6.45, 7) is 5.93. The highest BCUT2D eigenvalue weighted by molar-refractivity contribution is 6.02. The summed E-state index contributed by atoms with van der Waals surface area (Å²) in [7, 11) is 0. The number of hydrogen-bond donors (Lipinski definition) is 4. The lowest BCUT2D eigenvalue weighted by Crippen LogP contribution is -2.32. The SMILES string of the molecule is CCNCCc1c(C)[nH]c(=Cc2nccnc2C2C=NNC2=O)c1=C1C=CON1. The van der Waals surface area contributed by atoms with Crippen molar-refractivity contribution in [3.8, 4) is 0 Å². The van der Waals surface area contributed by atoms with Gasteiger partial charge >= 0.3 is 0 Å². The van der Waals surface area contributed by atoms with Crippen molar-refractivity contribution in [2.45, 2.75) is 26.2 Å². The number of hydrogen-bond acceptors (Lipinski definition) is 7. The Bertz CT molecular complexity index is 1100. The number of nitrogens with one attached hydrogen (secondary N) is 4. The zero-order chi connectivity index (χ0) is 20.2. The Morgan fingerprint density at radius 3 is 2.90 bits per heavy atom. The number of likely N-dealkylation sites (N-methyl/N-ethyl adjacent to an activating group) is 1. The van der Waals surface area contributed by atoms with E-state index >= 15 is 0 Å². The fourth-order valence-corrected chi connectivity index (χ4v) is 3.53. The molecule has 0 saturated heterocycles. The molecule has 4 rings (SSSR count). The Hall–Kier alpha value is -3.46. The van der Waals surface area contributed by atoms with Crippen LogP contribution in [0.3, 0.4) is 0 Å². The molecule has 150 valence electrons. The van der Waals surface area contributed by atoms with Gasteiger partial charge < -0.3 is 15.1 Å². The topological polar surface area (TPSA) is 116 Å². The van der Waals surface area contributed by atoms with Crippen LogP contribution in [0.15, 0.2) is 29.8 Å². The number of carbonyl (C=O) groups excluding carboxylic acids is 1. The van der Waals surface area contributed by atoms with Gasteiger partial charge in [0.25, 0.3) is 5.91 Å². The highest BCUT2D eigenvalue weighted by Gasteiger charge is 2.26. The van der Waals surface area contributed by atoms with Crippen molar-refractivity contribution in [2.24, 2.45) is 5.10 Å². The Morgan fingerprint density at radius 2 is 2.17 bits per heavy atom. The van der Waals surface area contributed by atoms with E-state index in [1.165, 1.54) is 5.56 Å². The molecule has 1 amide bonds. The predicted octanol–water partition coefficient (Wildman–Crippen LogP) is -0.550. The quantitative estimate of drug-likeness (QED) is 0.490. The number of hydroxylamine groups is 1. The maximum absolute atomic E-state index is 12.1. The fourth-order valence-electron chi connectivity index (χ4n) is 3.53. The molecular weight excluding hydrogens is 370 g/mol. The normalized spacial score (nSPS) is 20.1. The molecule has 4 N–H and O–H groups in total. The van der Waals surface area contributed by atoms with Crippen LogP contribution in [0, 0.1) is 6.92 Å². The van der Waals surface area contributed by atoms with Gasteiger partial charge in [-0.3, -0.25) is 14.8 Å². The molecule has 9 nitrogen and oxygen atoms in total. The molecule has 9 heteroatoms. The summed E-state index contributed by atoms with van der Waals surface area (Å²) < 4.78 is 0. The zero-order valence-electron chi connectivity index (χ0n) is 16.3. The number of aromatic nitrogens is 3. The summed E-state index contributed by atoms with van der Waals surface area (Å²) >= 11 is 0. The van der Waals surface area contributed by atoms with E-state index in [-0.39, 0.29) is 5.91 Å². The number of aryl methyl sites for hydroxylation is 1. The first-order chi connectivity index (χ1) is 14.2. The van der Waals surface area contributed by atoms with Crippen molar-refractivity contribution in [2.75, 3.05) is 13.1 Å². The number of hydrazone groups is 1. The first-order valence-corrected chi connectivity index (χ1v) is 9.55. The summed E-state index contributed by atoms with van der Waals surface area (Å²) in [6.07, 6.45) is 11.0. The summed E-state index contributed by atoms with van der Waals surface area (Å²) in [5, 5.41) is 9.12.